The summed E-state index contributed by atoms with van der Waals surface area (Å²) in [6.45, 7) is 0.993. The van der Waals surface area contributed by atoms with Gasteiger partial charge in [-0.05, 0) is 72.5 Å². The number of halogens is 1. The van der Waals surface area contributed by atoms with E-state index in [0.29, 0.717) is 28.7 Å². The van der Waals surface area contributed by atoms with Crippen molar-refractivity contribution in [3.8, 4) is 51.4 Å². The normalized spacial score (nSPS) is 15.7. The Bertz CT molecular complexity index is 1280. The lowest BCUT2D eigenvalue weighted by atomic mass is 9.76. The third-order valence-electron chi connectivity index (χ3n) is 7.05. The SMILES string of the molecule is Br.COc1ccc(Oc2cc3c(cc2OC)-c2c(OC)c(OC)cc4c2C(C3)N(C)CC4)cc1OC. The highest BCUT2D eigenvalue weighted by Gasteiger charge is 2.37. The van der Waals surface area contributed by atoms with Crippen molar-refractivity contribution in [2.24, 2.45) is 0 Å². The molecule has 0 radical (unpaired) electrons. The summed E-state index contributed by atoms with van der Waals surface area (Å²) < 4.78 is 34.5. The quantitative estimate of drug-likeness (QED) is 0.361. The van der Waals surface area contributed by atoms with Crippen LogP contribution in [0.25, 0.3) is 11.1 Å². The standard InChI is InChI=1S/C28H31NO6.BrH/c1-29-10-9-16-12-25(33-5)28(34-6)27-19-15-23(32-4)24(13-17(19)11-20(29)26(16)27)35-18-7-8-21(30-2)22(14-18)31-3;/h7-8,12-15,20H,9-11H2,1-6H3;1H. The Morgan fingerprint density at radius 1 is 0.722 bits per heavy atom. The smallest absolute Gasteiger partial charge is 0.169 e. The van der Waals surface area contributed by atoms with Gasteiger partial charge < -0.3 is 28.4 Å². The van der Waals surface area contributed by atoms with Gasteiger partial charge in [-0.25, -0.2) is 0 Å². The van der Waals surface area contributed by atoms with Gasteiger partial charge in [-0.3, -0.25) is 4.90 Å². The zero-order valence-corrected chi connectivity index (χ0v) is 23.2. The van der Waals surface area contributed by atoms with Crippen LogP contribution in [0.15, 0.2) is 36.4 Å². The molecule has 1 heterocycles. The molecule has 0 spiro atoms. The first-order valence-electron chi connectivity index (χ1n) is 11.6. The van der Waals surface area contributed by atoms with E-state index in [1.54, 1.807) is 35.5 Å². The van der Waals surface area contributed by atoms with Crippen LogP contribution in [-0.4, -0.2) is 54.0 Å². The summed E-state index contributed by atoms with van der Waals surface area (Å²) in [5.74, 6) is 4.66. The van der Waals surface area contributed by atoms with Gasteiger partial charge in [-0.15, -0.1) is 17.0 Å². The second-order valence-corrected chi connectivity index (χ2v) is 8.79. The number of likely N-dealkylation sites (N-methyl/N-ethyl adjacent to an activating group) is 1. The summed E-state index contributed by atoms with van der Waals surface area (Å²) in [6.07, 6.45) is 1.84. The molecule has 0 fully saturated rings. The maximum absolute atomic E-state index is 6.30. The molecule has 7 nitrogen and oxygen atoms in total. The van der Waals surface area contributed by atoms with Crippen molar-refractivity contribution in [3.63, 3.8) is 0 Å². The van der Waals surface area contributed by atoms with Gasteiger partial charge in [0.1, 0.15) is 5.75 Å². The predicted octanol–water partition coefficient (Wildman–Crippen LogP) is 5.85. The van der Waals surface area contributed by atoms with E-state index < -0.39 is 0 Å². The summed E-state index contributed by atoms with van der Waals surface area (Å²) in [6, 6.07) is 12.0. The molecule has 3 aromatic carbocycles. The number of benzene rings is 3. The second-order valence-electron chi connectivity index (χ2n) is 8.79. The van der Waals surface area contributed by atoms with Gasteiger partial charge in [0.15, 0.2) is 34.5 Å². The van der Waals surface area contributed by atoms with Crippen LogP contribution in [0.3, 0.4) is 0 Å². The highest BCUT2D eigenvalue weighted by molar-refractivity contribution is 8.93. The van der Waals surface area contributed by atoms with Crippen molar-refractivity contribution in [1.29, 1.82) is 0 Å². The Morgan fingerprint density at radius 3 is 2.06 bits per heavy atom. The van der Waals surface area contributed by atoms with Crippen LogP contribution in [0, 0.1) is 0 Å². The summed E-state index contributed by atoms with van der Waals surface area (Å²) >= 11 is 0. The van der Waals surface area contributed by atoms with E-state index in [-0.39, 0.29) is 23.0 Å². The summed E-state index contributed by atoms with van der Waals surface area (Å²) in [4.78, 5) is 2.42. The Balaban J connectivity index is 0.00000304. The zero-order valence-electron chi connectivity index (χ0n) is 21.5. The van der Waals surface area contributed by atoms with Crippen molar-refractivity contribution < 1.29 is 28.4 Å². The Kier molecular flexibility index (Phi) is 7.57. The van der Waals surface area contributed by atoms with Gasteiger partial charge in [-0.2, -0.15) is 0 Å². The van der Waals surface area contributed by atoms with Crippen molar-refractivity contribution in [1.82, 2.24) is 4.90 Å². The largest absolute Gasteiger partial charge is 0.493 e. The number of hydrogen-bond donors (Lipinski definition) is 0. The van der Waals surface area contributed by atoms with Crippen molar-refractivity contribution in [2.75, 3.05) is 49.1 Å². The first-order chi connectivity index (χ1) is 17.0. The molecular formula is C28H32BrNO6. The fourth-order valence-corrected chi connectivity index (χ4v) is 5.31. The number of methoxy groups -OCH3 is 5. The molecule has 0 saturated heterocycles. The predicted molar refractivity (Wildman–Crippen MR) is 144 cm³/mol. The topological polar surface area (TPSA) is 58.6 Å². The average molecular weight is 558 g/mol. The van der Waals surface area contributed by atoms with E-state index in [1.165, 1.54) is 16.7 Å². The number of ether oxygens (including phenoxy) is 6. The zero-order chi connectivity index (χ0) is 24.7. The molecule has 5 rings (SSSR count). The van der Waals surface area contributed by atoms with Crippen LogP contribution in [0.5, 0.6) is 40.2 Å². The molecule has 0 saturated carbocycles. The number of nitrogens with zero attached hydrogens (tertiary/aromatic N) is 1. The number of fused-ring (bicyclic) bond motifs is 2. The van der Waals surface area contributed by atoms with Gasteiger partial charge in [0.2, 0.25) is 0 Å². The maximum Gasteiger partial charge on any atom is 0.169 e. The van der Waals surface area contributed by atoms with Gasteiger partial charge in [-0.1, -0.05) is 0 Å². The summed E-state index contributed by atoms with van der Waals surface area (Å²) in [5.41, 5.74) is 5.97. The van der Waals surface area contributed by atoms with Crippen LogP contribution in [0.4, 0.5) is 0 Å². The minimum atomic E-state index is 0. The molecule has 2 aliphatic rings. The molecule has 0 N–H and O–H groups in total. The Morgan fingerprint density at radius 2 is 1.39 bits per heavy atom. The third kappa shape index (κ3) is 4.22. The number of hydrogen-bond acceptors (Lipinski definition) is 7. The second kappa shape index (κ2) is 10.5. The van der Waals surface area contributed by atoms with Crippen LogP contribution >= 0.6 is 17.0 Å². The molecular weight excluding hydrogens is 526 g/mol. The number of rotatable bonds is 7. The minimum Gasteiger partial charge on any atom is -0.493 e. The molecule has 36 heavy (non-hydrogen) atoms. The van der Waals surface area contributed by atoms with Gasteiger partial charge in [0.25, 0.3) is 0 Å². The molecule has 0 amide bonds. The molecule has 1 aliphatic carbocycles. The lowest BCUT2D eigenvalue weighted by molar-refractivity contribution is 0.226. The lowest BCUT2D eigenvalue weighted by Gasteiger charge is -2.40. The molecule has 0 bridgehead atoms. The van der Waals surface area contributed by atoms with E-state index in [0.717, 1.165) is 42.0 Å². The molecule has 192 valence electrons. The van der Waals surface area contributed by atoms with E-state index in [4.69, 9.17) is 28.4 Å². The van der Waals surface area contributed by atoms with Crippen molar-refractivity contribution in [3.05, 3.63) is 53.1 Å². The van der Waals surface area contributed by atoms with Crippen molar-refractivity contribution in [2.45, 2.75) is 18.9 Å². The van der Waals surface area contributed by atoms with Crippen LogP contribution in [0.1, 0.15) is 22.7 Å². The Labute approximate surface area is 222 Å². The van der Waals surface area contributed by atoms with Gasteiger partial charge >= 0.3 is 0 Å². The highest BCUT2D eigenvalue weighted by Crippen LogP contribution is 2.54. The van der Waals surface area contributed by atoms with Crippen LogP contribution in [-0.2, 0) is 12.8 Å². The lowest BCUT2D eigenvalue weighted by Crippen LogP contribution is -2.35. The summed E-state index contributed by atoms with van der Waals surface area (Å²) in [5, 5.41) is 0. The van der Waals surface area contributed by atoms with E-state index in [1.807, 2.05) is 24.3 Å². The highest BCUT2D eigenvalue weighted by atomic mass is 79.9. The van der Waals surface area contributed by atoms with Crippen molar-refractivity contribution >= 4 is 17.0 Å². The average Bonchev–Trinajstić information content (AvgIpc) is 2.89. The van der Waals surface area contributed by atoms with Gasteiger partial charge in [0.05, 0.1) is 35.5 Å². The van der Waals surface area contributed by atoms with Crippen LogP contribution < -0.4 is 28.4 Å². The third-order valence-corrected chi connectivity index (χ3v) is 7.05. The van der Waals surface area contributed by atoms with E-state index >= 15 is 0 Å². The van der Waals surface area contributed by atoms with E-state index in [9.17, 15) is 0 Å². The molecule has 3 aromatic rings. The molecule has 8 heteroatoms. The van der Waals surface area contributed by atoms with Gasteiger partial charge in [0, 0.05) is 24.2 Å². The Hall–Kier alpha value is -3.10. The first kappa shape index (κ1) is 26.0. The fourth-order valence-electron chi connectivity index (χ4n) is 5.31. The monoisotopic (exact) mass is 557 g/mol. The molecule has 1 atom stereocenters. The maximum atomic E-state index is 6.30. The molecule has 1 unspecified atom stereocenters. The fraction of sp³-hybridized carbons (Fsp3) is 0.357. The van der Waals surface area contributed by atoms with Crippen LogP contribution in [0.2, 0.25) is 0 Å². The summed E-state index contributed by atoms with van der Waals surface area (Å²) in [7, 11) is 10.4. The molecule has 0 aromatic heterocycles. The van der Waals surface area contributed by atoms with E-state index in [2.05, 4.69) is 24.1 Å². The minimum absolute atomic E-state index is 0. The molecule has 1 aliphatic heterocycles. The first-order valence-corrected chi connectivity index (χ1v) is 11.6.